The SMILES string of the molecule is O=[N+]([O-])CC1c2ccccc2CCN1c1ccc(Br)cc1. The average molecular weight is 347 g/mol. The van der Waals surface area contributed by atoms with Gasteiger partial charge in [-0.25, -0.2) is 0 Å². The van der Waals surface area contributed by atoms with Crippen molar-refractivity contribution in [2.24, 2.45) is 0 Å². The molecule has 21 heavy (non-hydrogen) atoms. The molecule has 0 saturated heterocycles. The predicted molar refractivity (Wildman–Crippen MR) is 86.2 cm³/mol. The lowest BCUT2D eigenvalue weighted by Gasteiger charge is -2.37. The topological polar surface area (TPSA) is 46.4 Å². The van der Waals surface area contributed by atoms with E-state index in [1.54, 1.807) is 0 Å². The van der Waals surface area contributed by atoms with E-state index in [1.807, 2.05) is 42.5 Å². The average Bonchev–Trinajstić information content (AvgIpc) is 2.48. The molecular formula is C16H15BrN2O2. The third kappa shape index (κ3) is 2.93. The fourth-order valence-electron chi connectivity index (χ4n) is 2.93. The lowest BCUT2D eigenvalue weighted by Crippen LogP contribution is -2.39. The number of benzene rings is 2. The minimum absolute atomic E-state index is 0.0763. The van der Waals surface area contributed by atoms with E-state index in [4.69, 9.17) is 0 Å². The number of anilines is 1. The van der Waals surface area contributed by atoms with Crippen LogP contribution >= 0.6 is 15.9 Å². The van der Waals surface area contributed by atoms with Crippen LogP contribution in [0.3, 0.4) is 0 Å². The van der Waals surface area contributed by atoms with Crippen LogP contribution in [0, 0.1) is 10.1 Å². The molecule has 108 valence electrons. The van der Waals surface area contributed by atoms with Crippen LogP contribution in [0.1, 0.15) is 17.2 Å². The Labute approximate surface area is 131 Å². The Morgan fingerprint density at radius 1 is 1.19 bits per heavy atom. The first-order chi connectivity index (χ1) is 10.1. The number of nitrogens with zero attached hydrogens (tertiary/aromatic N) is 2. The molecule has 2 aromatic carbocycles. The van der Waals surface area contributed by atoms with Crippen molar-refractivity contribution in [1.82, 2.24) is 0 Å². The Morgan fingerprint density at radius 3 is 2.62 bits per heavy atom. The number of hydrogen-bond acceptors (Lipinski definition) is 3. The molecule has 4 nitrogen and oxygen atoms in total. The zero-order valence-corrected chi connectivity index (χ0v) is 13.0. The van der Waals surface area contributed by atoms with E-state index in [2.05, 4.69) is 26.9 Å². The van der Waals surface area contributed by atoms with Crippen molar-refractivity contribution in [2.75, 3.05) is 18.0 Å². The van der Waals surface area contributed by atoms with Crippen molar-refractivity contribution in [3.63, 3.8) is 0 Å². The van der Waals surface area contributed by atoms with E-state index in [0.717, 1.165) is 28.7 Å². The summed E-state index contributed by atoms with van der Waals surface area (Å²) in [5.41, 5.74) is 3.32. The third-order valence-corrected chi connectivity index (χ3v) is 4.42. The van der Waals surface area contributed by atoms with Gasteiger partial charge in [-0.15, -0.1) is 0 Å². The summed E-state index contributed by atoms with van der Waals surface area (Å²) in [5, 5.41) is 11.1. The van der Waals surface area contributed by atoms with Gasteiger partial charge in [0.25, 0.3) is 0 Å². The second kappa shape index (κ2) is 5.85. The van der Waals surface area contributed by atoms with E-state index >= 15 is 0 Å². The zero-order chi connectivity index (χ0) is 14.8. The van der Waals surface area contributed by atoms with Gasteiger partial charge in [-0.2, -0.15) is 0 Å². The maximum atomic E-state index is 11.1. The van der Waals surface area contributed by atoms with Gasteiger partial charge in [-0.3, -0.25) is 10.1 Å². The summed E-state index contributed by atoms with van der Waals surface area (Å²) in [7, 11) is 0. The summed E-state index contributed by atoms with van der Waals surface area (Å²) in [6, 6.07) is 15.8. The summed E-state index contributed by atoms with van der Waals surface area (Å²) in [6.07, 6.45) is 0.917. The van der Waals surface area contributed by atoms with Crippen LogP contribution in [-0.2, 0) is 6.42 Å². The predicted octanol–water partition coefficient (Wildman–Crippen LogP) is 3.83. The molecule has 2 aromatic rings. The molecular weight excluding hydrogens is 332 g/mol. The molecule has 1 aliphatic rings. The van der Waals surface area contributed by atoms with Crippen molar-refractivity contribution >= 4 is 21.6 Å². The molecule has 3 rings (SSSR count). The highest BCUT2D eigenvalue weighted by Gasteiger charge is 2.31. The van der Waals surface area contributed by atoms with Crippen molar-refractivity contribution in [2.45, 2.75) is 12.5 Å². The van der Waals surface area contributed by atoms with Crippen LogP contribution in [0.15, 0.2) is 53.0 Å². The normalized spacial score (nSPS) is 17.4. The van der Waals surface area contributed by atoms with Gasteiger partial charge in [0.15, 0.2) is 0 Å². The van der Waals surface area contributed by atoms with Crippen LogP contribution in [0.4, 0.5) is 5.69 Å². The molecule has 0 radical (unpaired) electrons. The summed E-state index contributed by atoms with van der Waals surface area (Å²) < 4.78 is 1.01. The fraction of sp³-hybridized carbons (Fsp3) is 0.250. The van der Waals surface area contributed by atoms with Crippen LogP contribution < -0.4 is 4.90 Å². The monoisotopic (exact) mass is 346 g/mol. The summed E-state index contributed by atoms with van der Waals surface area (Å²) in [4.78, 5) is 13.0. The van der Waals surface area contributed by atoms with Gasteiger partial charge >= 0.3 is 0 Å². The van der Waals surface area contributed by atoms with Crippen LogP contribution in [0.25, 0.3) is 0 Å². The molecule has 0 N–H and O–H groups in total. The Balaban J connectivity index is 2.00. The number of hydrogen-bond donors (Lipinski definition) is 0. The quantitative estimate of drug-likeness (QED) is 0.626. The first-order valence-corrected chi connectivity index (χ1v) is 7.66. The van der Waals surface area contributed by atoms with Crippen LogP contribution in [-0.4, -0.2) is 18.0 Å². The number of fused-ring (bicyclic) bond motifs is 1. The van der Waals surface area contributed by atoms with Gasteiger partial charge < -0.3 is 4.90 Å². The highest BCUT2D eigenvalue weighted by molar-refractivity contribution is 9.10. The van der Waals surface area contributed by atoms with E-state index < -0.39 is 0 Å². The van der Waals surface area contributed by atoms with Gasteiger partial charge in [0.2, 0.25) is 6.54 Å². The number of halogens is 1. The molecule has 1 heterocycles. The van der Waals surface area contributed by atoms with Crippen molar-refractivity contribution < 1.29 is 4.92 Å². The molecule has 0 amide bonds. The zero-order valence-electron chi connectivity index (χ0n) is 11.4. The fourth-order valence-corrected chi connectivity index (χ4v) is 3.20. The first-order valence-electron chi connectivity index (χ1n) is 6.87. The Morgan fingerprint density at radius 2 is 1.90 bits per heavy atom. The molecule has 0 fully saturated rings. The van der Waals surface area contributed by atoms with Crippen molar-refractivity contribution in [3.8, 4) is 0 Å². The molecule has 1 atom stereocenters. The summed E-state index contributed by atoms with van der Waals surface area (Å²) >= 11 is 3.42. The summed E-state index contributed by atoms with van der Waals surface area (Å²) in [6.45, 7) is 0.726. The lowest BCUT2D eigenvalue weighted by atomic mass is 9.92. The molecule has 0 saturated carbocycles. The Kier molecular flexibility index (Phi) is 3.92. The second-order valence-electron chi connectivity index (χ2n) is 5.15. The number of nitro groups is 1. The second-order valence-corrected chi connectivity index (χ2v) is 6.07. The lowest BCUT2D eigenvalue weighted by molar-refractivity contribution is -0.483. The van der Waals surface area contributed by atoms with Crippen LogP contribution in [0.2, 0.25) is 0 Å². The Bertz CT molecular complexity index is 658. The van der Waals surface area contributed by atoms with Crippen molar-refractivity contribution in [3.05, 3.63) is 74.2 Å². The van der Waals surface area contributed by atoms with E-state index in [0.29, 0.717) is 0 Å². The Hall–Kier alpha value is -1.88. The van der Waals surface area contributed by atoms with Gasteiger partial charge in [-0.05, 0) is 41.8 Å². The van der Waals surface area contributed by atoms with Crippen LogP contribution in [0.5, 0.6) is 0 Å². The standard InChI is InChI=1S/C16H15BrN2O2/c17-13-5-7-14(8-6-13)18-10-9-12-3-1-2-4-15(12)16(18)11-19(20)21/h1-8,16H,9-11H2. The smallest absolute Gasteiger partial charge is 0.228 e. The maximum Gasteiger partial charge on any atom is 0.228 e. The molecule has 0 spiro atoms. The molecule has 0 bridgehead atoms. The molecule has 1 aliphatic heterocycles. The molecule has 0 aliphatic carbocycles. The maximum absolute atomic E-state index is 11.1. The van der Waals surface area contributed by atoms with Gasteiger partial charge in [0, 0.05) is 21.6 Å². The molecule has 5 heteroatoms. The summed E-state index contributed by atoms with van der Waals surface area (Å²) in [5.74, 6) is 0. The van der Waals surface area contributed by atoms with E-state index in [9.17, 15) is 10.1 Å². The van der Waals surface area contributed by atoms with E-state index in [1.165, 1.54) is 5.56 Å². The first kappa shape index (κ1) is 14.1. The minimum atomic E-state index is -0.224. The van der Waals surface area contributed by atoms with Gasteiger partial charge in [0.05, 0.1) is 0 Å². The largest absolute Gasteiger partial charge is 0.358 e. The van der Waals surface area contributed by atoms with Gasteiger partial charge in [0.1, 0.15) is 6.04 Å². The third-order valence-electron chi connectivity index (χ3n) is 3.89. The molecule has 1 unspecified atom stereocenters. The van der Waals surface area contributed by atoms with Crippen molar-refractivity contribution in [1.29, 1.82) is 0 Å². The minimum Gasteiger partial charge on any atom is -0.358 e. The highest BCUT2D eigenvalue weighted by Crippen LogP contribution is 2.34. The number of rotatable bonds is 3. The molecule has 0 aromatic heterocycles. The van der Waals surface area contributed by atoms with Gasteiger partial charge in [-0.1, -0.05) is 40.2 Å². The van der Waals surface area contributed by atoms with E-state index in [-0.39, 0.29) is 17.5 Å². The highest BCUT2D eigenvalue weighted by atomic mass is 79.9.